The second-order valence-electron chi connectivity index (χ2n) is 6.56. The molecule has 3 rings (SSSR count). The number of nitrogens with one attached hydrogen (secondary N) is 1. The van der Waals surface area contributed by atoms with E-state index in [1.54, 1.807) is 12.1 Å². The molecule has 1 saturated heterocycles. The number of piperazine rings is 1. The number of urea groups is 1. The Labute approximate surface area is 153 Å². The number of carbonyl (C=O) groups excluding carboxylic acids is 1. The van der Waals surface area contributed by atoms with Crippen LogP contribution in [0.1, 0.15) is 21.5 Å². The van der Waals surface area contributed by atoms with Crippen molar-refractivity contribution in [2.24, 2.45) is 0 Å². The van der Waals surface area contributed by atoms with Crippen molar-refractivity contribution in [1.29, 1.82) is 0 Å². The molecule has 2 aromatic rings. The summed E-state index contributed by atoms with van der Waals surface area (Å²) in [5.74, 6) is -0.912. The average molecular weight is 353 g/mol. The summed E-state index contributed by atoms with van der Waals surface area (Å²) < 4.78 is 0. The SMILES string of the molecule is Cc1cccc(NC(=O)N2CCN(Cc3ccc(C(=O)O)cc3)CC2)c1. The van der Waals surface area contributed by atoms with Crippen molar-refractivity contribution in [3.05, 3.63) is 65.2 Å². The molecule has 2 aromatic carbocycles. The molecule has 1 aliphatic heterocycles. The molecule has 136 valence electrons. The Morgan fingerprint density at radius 2 is 1.73 bits per heavy atom. The van der Waals surface area contributed by atoms with E-state index in [0.29, 0.717) is 18.7 Å². The minimum Gasteiger partial charge on any atom is -0.478 e. The summed E-state index contributed by atoms with van der Waals surface area (Å²) in [5.41, 5.74) is 3.30. The lowest BCUT2D eigenvalue weighted by atomic mass is 10.1. The quantitative estimate of drug-likeness (QED) is 0.886. The number of anilines is 1. The van der Waals surface area contributed by atoms with E-state index < -0.39 is 5.97 Å². The van der Waals surface area contributed by atoms with Gasteiger partial charge in [-0.2, -0.15) is 0 Å². The van der Waals surface area contributed by atoms with Gasteiger partial charge in [-0.1, -0.05) is 24.3 Å². The predicted molar refractivity (Wildman–Crippen MR) is 100 cm³/mol. The van der Waals surface area contributed by atoms with Gasteiger partial charge in [-0.05, 0) is 42.3 Å². The number of carboxylic acids is 1. The van der Waals surface area contributed by atoms with E-state index in [9.17, 15) is 9.59 Å². The number of aromatic carboxylic acids is 1. The molecule has 26 heavy (non-hydrogen) atoms. The van der Waals surface area contributed by atoms with Crippen LogP contribution in [0.15, 0.2) is 48.5 Å². The monoisotopic (exact) mass is 353 g/mol. The summed E-state index contributed by atoms with van der Waals surface area (Å²) in [4.78, 5) is 27.4. The second kappa shape index (κ2) is 8.01. The molecule has 1 aliphatic rings. The molecule has 1 fully saturated rings. The molecule has 0 spiro atoms. The average Bonchev–Trinajstić information content (AvgIpc) is 2.63. The molecule has 2 amide bonds. The van der Waals surface area contributed by atoms with Gasteiger partial charge in [0.25, 0.3) is 0 Å². The van der Waals surface area contributed by atoms with Gasteiger partial charge in [-0.3, -0.25) is 4.90 Å². The van der Waals surface area contributed by atoms with E-state index in [0.717, 1.165) is 36.4 Å². The fraction of sp³-hybridized carbons (Fsp3) is 0.300. The molecule has 2 N–H and O–H groups in total. The molecular formula is C20H23N3O3. The summed E-state index contributed by atoms with van der Waals surface area (Å²) in [7, 11) is 0. The molecule has 6 nitrogen and oxygen atoms in total. The zero-order chi connectivity index (χ0) is 18.5. The largest absolute Gasteiger partial charge is 0.478 e. The van der Waals surface area contributed by atoms with E-state index in [1.807, 2.05) is 48.2 Å². The third kappa shape index (κ3) is 4.61. The number of aryl methyl sites for hydroxylation is 1. The number of carbonyl (C=O) groups is 2. The van der Waals surface area contributed by atoms with Crippen LogP contribution in [0.25, 0.3) is 0 Å². The predicted octanol–water partition coefficient (Wildman–Crippen LogP) is 3.04. The number of hydrogen-bond donors (Lipinski definition) is 2. The van der Waals surface area contributed by atoms with Crippen molar-refractivity contribution in [3.63, 3.8) is 0 Å². The summed E-state index contributed by atoms with van der Waals surface area (Å²) in [6.45, 7) is 5.68. The van der Waals surface area contributed by atoms with Crippen molar-refractivity contribution >= 4 is 17.7 Å². The zero-order valence-electron chi connectivity index (χ0n) is 14.8. The molecule has 0 radical (unpaired) electrons. The van der Waals surface area contributed by atoms with Gasteiger partial charge in [0.15, 0.2) is 0 Å². The molecular weight excluding hydrogens is 330 g/mol. The minimum absolute atomic E-state index is 0.0685. The lowest BCUT2D eigenvalue weighted by molar-refractivity contribution is 0.0697. The highest BCUT2D eigenvalue weighted by molar-refractivity contribution is 5.89. The highest BCUT2D eigenvalue weighted by atomic mass is 16.4. The van der Waals surface area contributed by atoms with Gasteiger partial charge in [0, 0.05) is 38.4 Å². The number of nitrogens with zero attached hydrogens (tertiary/aromatic N) is 2. The Hall–Kier alpha value is -2.86. The van der Waals surface area contributed by atoms with Crippen molar-refractivity contribution in [2.45, 2.75) is 13.5 Å². The maximum absolute atomic E-state index is 12.4. The van der Waals surface area contributed by atoms with E-state index in [2.05, 4.69) is 10.2 Å². The molecule has 0 atom stereocenters. The van der Waals surface area contributed by atoms with Crippen molar-refractivity contribution < 1.29 is 14.7 Å². The molecule has 0 aromatic heterocycles. The lowest BCUT2D eigenvalue weighted by Crippen LogP contribution is -2.49. The molecule has 1 heterocycles. The maximum atomic E-state index is 12.4. The van der Waals surface area contributed by atoms with E-state index >= 15 is 0 Å². The molecule has 0 saturated carbocycles. The number of carboxylic acid groups (broad SMARTS) is 1. The summed E-state index contributed by atoms with van der Waals surface area (Å²) in [6, 6.07) is 14.7. The summed E-state index contributed by atoms with van der Waals surface area (Å²) in [6.07, 6.45) is 0. The highest BCUT2D eigenvalue weighted by Gasteiger charge is 2.21. The fourth-order valence-corrected chi connectivity index (χ4v) is 3.05. The van der Waals surface area contributed by atoms with Crippen LogP contribution >= 0.6 is 0 Å². The Morgan fingerprint density at radius 1 is 1.04 bits per heavy atom. The van der Waals surface area contributed by atoms with Gasteiger partial charge in [0.05, 0.1) is 5.56 Å². The van der Waals surface area contributed by atoms with Crippen LogP contribution < -0.4 is 5.32 Å². The van der Waals surface area contributed by atoms with Crippen molar-refractivity contribution in [1.82, 2.24) is 9.80 Å². The van der Waals surface area contributed by atoms with Gasteiger partial charge in [-0.25, -0.2) is 9.59 Å². The third-order valence-electron chi connectivity index (χ3n) is 4.54. The van der Waals surface area contributed by atoms with Gasteiger partial charge >= 0.3 is 12.0 Å². The Bertz CT molecular complexity index is 781. The van der Waals surface area contributed by atoms with Crippen molar-refractivity contribution in [2.75, 3.05) is 31.5 Å². The first-order chi connectivity index (χ1) is 12.5. The number of rotatable bonds is 4. The molecule has 0 bridgehead atoms. The first-order valence-corrected chi connectivity index (χ1v) is 8.68. The third-order valence-corrected chi connectivity index (χ3v) is 4.54. The Kier molecular flexibility index (Phi) is 5.53. The number of hydrogen-bond acceptors (Lipinski definition) is 3. The van der Waals surface area contributed by atoms with Crippen LogP contribution in [0, 0.1) is 6.92 Å². The van der Waals surface area contributed by atoms with Crippen LogP contribution in [0.3, 0.4) is 0 Å². The molecule has 0 unspecified atom stereocenters. The van der Waals surface area contributed by atoms with Gasteiger partial charge in [-0.15, -0.1) is 0 Å². The normalized spacial score (nSPS) is 14.9. The highest BCUT2D eigenvalue weighted by Crippen LogP contribution is 2.13. The Balaban J connectivity index is 1.49. The van der Waals surface area contributed by atoms with Gasteiger partial charge in [0.2, 0.25) is 0 Å². The van der Waals surface area contributed by atoms with E-state index in [-0.39, 0.29) is 6.03 Å². The molecule has 6 heteroatoms. The smallest absolute Gasteiger partial charge is 0.335 e. The van der Waals surface area contributed by atoms with Crippen LogP contribution in [0.5, 0.6) is 0 Å². The maximum Gasteiger partial charge on any atom is 0.335 e. The molecule has 0 aliphatic carbocycles. The van der Waals surface area contributed by atoms with Crippen LogP contribution in [0.2, 0.25) is 0 Å². The van der Waals surface area contributed by atoms with Crippen LogP contribution in [-0.4, -0.2) is 53.1 Å². The Morgan fingerprint density at radius 3 is 2.35 bits per heavy atom. The van der Waals surface area contributed by atoms with E-state index in [1.165, 1.54) is 0 Å². The number of benzene rings is 2. The first-order valence-electron chi connectivity index (χ1n) is 8.68. The van der Waals surface area contributed by atoms with Gasteiger partial charge < -0.3 is 15.3 Å². The van der Waals surface area contributed by atoms with Gasteiger partial charge in [0.1, 0.15) is 0 Å². The van der Waals surface area contributed by atoms with Crippen LogP contribution in [0.4, 0.5) is 10.5 Å². The fourth-order valence-electron chi connectivity index (χ4n) is 3.05. The topological polar surface area (TPSA) is 72.9 Å². The summed E-state index contributed by atoms with van der Waals surface area (Å²) >= 11 is 0. The number of amides is 2. The van der Waals surface area contributed by atoms with Crippen molar-refractivity contribution in [3.8, 4) is 0 Å². The van der Waals surface area contributed by atoms with E-state index in [4.69, 9.17) is 5.11 Å². The first kappa shape index (κ1) is 17.9. The second-order valence-corrected chi connectivity index (χ2v) is 6.56. The summed E-state index contributed by atoms with van der Waals surface area (Å²) in [5, 5.41) is 11.9. The minimum atomic E-state index is -0.912. The lowest BCUT2D eigenvalue weighted by Gasteiger charge is -2.34. The standard InChI is InChI=1S/C20H23N3O3/c1-15-3-2-4-18(13-15)21-20(26)23-11-9-22(10-12-23)14-16-5-7-17(8-6-16)19(24)25/h2-8,13H,9-12,14H2,1H3,(H,21,26)(H,24,25). The zero-order valence-corrected chi connectivity index (χ0v) is 14.8. The van der Waals surface area contributed by atoms with Crippen LogP contribution in [-0.2, 0) is 6.54 Å².